The average molecular weight is 419 g/mol. The summed E-state index contributed by atoms with van der Waals surface area (Å²) >= 11 is 0. The van der Waals surface area contributed by atoms with Crippen molar-refractivity contribution in [2.45, 2.75) is 31.7 Å². The minimum Gasteiger partial charge on any atom is -0.458 e. The zero-order chi connectivity index (χ0) is 21.8. The van der Waals surface area contributed by atoms with E-state index in [2.05, 4.69) is 22.8 Å². The van der Waals surface area contributed by atoms with E-state index in [1.807, 2.05) is 36.4 Å². The van der Waals surface area contributed by atoms with Gasteiger partial charge in [-0.15, -0.1) is 0 Å². The molecule has 0 bridgehead atoms. The first kappa shape index (κ1) is 20.7. The molecule has 0 aliphatic carbocycles. The molecule has 3 aromatic rings. The van der Waals surface area contributed by atoms with Crippen molar-refractivity contribution in [2.75, 3.05) is 13.1 Å². The number of nitrogens with zero attached hydrogens (tertiary/aromatic N) is 1. The van der Waals surface area contributed by atoms with E-state index in [4.69, 9.17) is 4.42 Å². The average Bonchev–Trinajstić information content (AvgIpc) is 3.30. The molecular weight excluding hydrogens is 394 g/mol. The molecule has 4 amide bonds. The Bertz CT molecular complexity index is 1080. The van der Waals surface area contributed by atoms with Gasteiger partial charge >= 0.3 is 6.03 Å². The van der Waals surface area contributed by atoms with E-state index in [0.717, 1.165) is 29.5 Å². The maximum absolute atomic E-state index is 13.0. The van der Waals surface area contributed by atoms with Crippen molar-refractivity contribution in [2.24, 2.45) is 0 Å². The predicted molar refractivity (Wildman–Crippen MR) is 116 cm³/mol. The summed E-state index contributed by atoms with van der Waals surface area (Å²) in [6.45, 7) is 1.77. The summed E-state index contributed by atoms with van der Waals surface area (Å²) < 4.78 is 5.79. The number of hydrogen-bond acceptors (Lipinski definition) is 4. The molecule has 1 fully saturated rings. The summed E-state index contributed by atoms with van der Waals surface area (Å²) in [5.74, 6) is -0.524. The van der Waals surface area contributed by atoms with Crippen LogP contribution in [0, 0.1) is 0 Å². The number of carbonyl (C=O) groups is 3. The third-order valence-corrected chi connectivity index (χ3v) is 5.55. The first-order valence-electron chi connectivity index (χ1n) is 10.4. The Kier molecular flexibility index (Phi) is 5.75. The Balaban J connectivity index is 1.30. The van der Waals surface area contributed by atoms with E-state index < -0.39 is 17.5 Å². The highest BCUT2D eigenvalue weighted by atomic mass is 16.3. The second-order valence-corrected chi connectivity index (χ2v) is 7.89. The highest BCUT2D eigenvalue weighted by Crippen LogP contribution is 2.32. The second kappa shape index (κ2) is 8.63. The van der Waals surface area contributed by atoms with Crippen LogP contribution < -0.4 is 10.6 Å². The number of unbranched alkanes of at least 4 members (excludes halogenated alkanes) is 1. The van der Waals surface area contributed by atoms with Crippen molar-refractivity contribution in [1.29, 1.82) is 0 Å². The van der Waals surface area contributed by atoms with Gasteiger partial charge in [0.25, 0.3) is 5.91 Å². The van der Waals surface area contributed by atoms with Crippen LogP contribution in [0.25, 0.3) is 11.0 Å². The lowest BCUT2D eigenvalue weighted by atomic mass is 9.99. The highest BCUT2D eigenvalue weighted by Gasteiger charge is 2.51. The number of carbonyl (C=O) groups excluding carboxylic acids is 3. The molecular formula is C24H25N3O4. The van der Waals surface area contributed by atoms with Gasteiger partial charge in [0.05, 0.1) is 0 Å². The van der Waals surface area contributed by atoms with Gasteiger partial charge in [-0.1, -0.05) is 48.5 Å². The molecule has 31 heavy (non-hydrogen) atoms. The van der Waals surface area contributed by atoms with Crippen molar-refractivity contribution in [1.82, 2.24) is 15.5 Å². The first-order valence-corrected chi connectivity index (χ1v) is 10.4. The summed E-state index contributed by atoms with van der Waals surface area (Å²) in [4.78, 5) is 38.7. The Hall–Kier alpha value is -3.61. The molecule has 0 spiro atoms. The first-order chi connectivity index (χ1) is 15.0. The lowest BCUT2D eigenvalue weighted by molar-refractivity contribution is -0.135. The lowest BCUT2D eigenvalue weighted by Gasteiger charge is -2.18. The number of urea groups is 1. The molecule has 2 heterocycles. The van der Waals surface area contributed by atoms with E-state index in [9.17, 15) is 14.4 Å². The van der Waals surface area contributed by atoms with Gasteiger partial charge in [-0.2, -0.15) is 0 Å². The molecule has 7 heteroatoms. The van der Waals surface area contributed by atoms with Crippen LogP contribution in [0.1, 0.15) is 31.1 Å². The Morgan fingerprint density at radius 2 is 1.81 bits per heavy atom. The molecule has 1 aliphatic rings. The van der Waals surface area contributed by atoms with Gasteiger partial charge in [-0.25, -0.2) is 4.79 Å². The van der Waals surface area contributed by atoms with Gasteiger partial charge in [0.1, 0.15) is 17.9 Å². The van der Waals surface area contributed by atoms with Gasteiger partial charge < -0.3 is 15.1 Å². The van der Waals surface area contributed by atoms with Crippen LogP contribution in [0.3, 0.4) is 0 Å². The second-order valence-electron chi connectivity index (χ2n) is 7.89. The number of imide groups is 1. The van der Waals surface area contributed by atoms with Crippen LogP contribution in [0.4, 0.5) is 4.79 Å². The summed E-state index contributed by atoms with van der Waals surface area (Å²) in [6, 6.07) is 18.7. The fourth-order valence-electron chi connectivity index (χ4n) is 3.76. The molecule has 1 saturated heterocycles. The smallest absolute Gasteiger partial charge is 0.325 e. The van der Waals surface area contributed by atoms with Crippen LogP contribution in [0.2, 0.25) is 0 Å². The topological polar surface area (TPSA) is 91.7 Å². The minimum absolute atomic E-state index is 0.320. The molecule has 4 rings (SSSR count). The molecule has 0 saturated carbocycles. The maximum atomic E-state index is 13.0. The maximum Gasteiger partial charge on any atom is 0.325 e. The van der Waals surface area contributed by atoms with Crippen LogP contribution in [0.5, 0.6) is 0 Å². The number of aryl methyl sites for hydroxylation is 1. The largest absolute Gasteiger partial charge is 0.458 e. The summed E-state index contributed by atoms with van der Waals surface area (Å²) in [7, 11) is 0. The minimum atomic E-state index is -1.34. The van der Waals surface area contributed by atoms with Crippen molar-refractivity contribution >= 4 is 28.8 Å². The standard InChI is InChI=1S/C24H25N3O4/c1-24(20-15-18-12-5-6-13-19(18)31-20)22(29)27(23(30)26-24)16-21(28)25-14-8-7-11-17-9-3-2-4-10-17/h2-6,9-10,12-13,15H,7-8,11,14,16H2,1H3,(H,25,28)(H,26,30)/t24-/m0/s1. The molecule has 7 nitrogen and oxygen atoms in total. The van der Waals surface area contributed by atoms with Gasteiger partial charge in [0.15, 0.2) is 5.54 Å². The normalized spacial score (nSPS) is 18.4. The molecule has 0 unspecified atom stereocenters. The molecule has 160 valence electrons. The van der Waals surface area contributed by atoms with Gasteiger partial charge in [-0.05, 0) is 43.9 Å². The fraction of sp³-hybridized carbons (Fsp3) is 0.292. The number of fused-ring (bicyclic) bond motifs is 1. The van der Waals surface area contributed by atoms with E-state index >= 15 is 0 Å². The quantitative estimate of drug-likeness (QED) is 0.433. The summed E-state index contributed by atoms with van der Waals surface area (Å²) in [6.07, 6.45) is 2.70. The van der Waals surface area contributed by atoms with Gasteiger partial charge in [0.2, 0.25) is 5.91 Å². The van der Waals surface area contributed by atoms with Crippen LogP contribution >= 0.6 is 0 Å². The van der Waals surface area contributed by atoms with Crippen molar-refractivity contribution in [3.63, 3.8) is 0 Å². The van der Waals surface area contributed by atoms with Crippen molar-refractivity contribution < 1.29 is 18.8 Å². The molecule has 1 aromatic heterocycles. The number of amides is 4. The zero-order valence-corrected chi connectivity index (χ0v) is 17.4. The Morgan fingerprint density at radius 1 is 1.06 bits per heavy atom. The highest BCUT2D eigenvalue weighted by molar-refractivity contribution is 6.09. The predicted octanol–water partition coefficient (Wildman–Crippen LogP) is 3.34. The fourth-order valence-corrected chi connectivity index (χ4v) is 3.76. The van der Waals surface area contributed by atoms with Crippen molar-refractivity contribution in [3.05, 3.63) is 72.0 Å². The number of para-hydroxylation sites is 1. The third kappa shape index (κ3) is 4.30. The SMILES string of the molecule is C[C@@]1(c2cc3ccccc3o2)NC(=O)N(CC(=O)NCCCCc2ccccc2)C1=O. The van der Waals surface area contributed by atoms with Crippen LogP contribution in [-0.4, -0.2) is 35.8 Å². The summed E-state index contributed by atoms with van der Waals surface area (Å²) in [5, 5.41) is 6.30. The number of rotatable bonds is 8. The van der Waals surface area contributed by atoms with Crippen LogP contribution in [0.15, 0.2) is 65.1 Å². The molecule has 2 aromatic carbocycles. The number of hydrogen-bond donors (Lipinski definition) is 2. The molecule has 1 aliphatic heterocycles. The van der Waals surface area contributed by atoms with E-state index in [1.54, 1.807) is 19.1 Å². The van der Waals surface area contributed by atoms with Crippen molar-refractivity contribution in [3.8, 4) is 0 Å². The lowest BCUT2D eigenvalue weighted by Crippen LogP contribution is -2.43. The molecule has 0 radical (unpaired) electrons. The molecule has 2 N–H and O–H groups in total. The van der Waals surface area contributed by atoms with Gasteiger partial charge in [0, 0.05) is 11.9 Å². The Labute approximate surface area is 180 Å². The summed E-state index contributed by atoms with van der Waals surface area (Å²) in [5.41, 5.74) is 0.553. The van der Waals surface area contributed by atoms with E-state index in [0.29, 0.717) is 17.9 Å². The monoisotopic (exact) mass is 419 g/mol. The Morgan fingerprint density at radius 3 is 2.58 bits per heavy atom. The number of furan rings is 1. The van der Waals surface area contributed by atoms with E-state index in [1.165, 1.54) is 5.56 Å². The number of nitrogens with one attached hydrogen (secondary N) is 2. The molecule has 1 atom stereocenters. The van der Waals surface area contributed by atoms with Crippen LogP contribution in [-0.2, 0) is 21.5 Å². The van der Waals surface area contributed by atoms with E-state index in [-0.39, 0.29) is 12.5 Å². The third-order valence-electron chi connectivity index (χ3n) is 5.55. The number of benzene rings is 2. The van der Waals surface area contributed by atoms with Gasteiger partial charge in [-0.3, -0.25) is 14.5 Å². The zero-order valence-electron chi connectivity index (χ0n) is 17.4.